The maximum Gasteiger partial charge on any atom is 0.163 e. The Balaban J connectivity index is 1.92. The number of carbonyl (C=O) groups excluding carboxylic acids is 1. The lowest BCUT2D eigenvalue weighted by Crippen LogP contribution is -1.92. The molecule has 3 aromatic carbocycles. The summed E-state index contributed by atoms with van der Waals surface area (Å²) in [5, 5.41) is 2.36. The Labute approximate surface area is 129 Å². The zero-order valence-electron chi connectivity index (χ0n) is 12.4. The van der Waals surface area contributed by atoms with Crippen molar-refractivity contribution in [3.63, 3.8) is 0 Å². The lowest BCUT2D eigenvalue weighted by atomic mass is 9.97. The summed E-state index contributed by atoms with van der Waals surface area (Å²) in [5.74, 6) is 1.12. The van der Waals surface area contributed by atoms with Crippen LogP contribution < -0.4 is 4.74 Å². The van der Waals surface area contributed by atoms with Crippen molar-refractivity contribution < 1.29 is 9.53 Å². The van der Waals surface area contributed by atoms with Crippen LogP contribution in [0.15, 0.2) is 54.6 Å². The van der Waals surface area contributed by atoms with Gasteiger partial charge < -0.3 is 4.74 Å². The normalized spacial score (nSPS) is 13.4. The van der Waals surface area contributed by atoms with Gasteiger partial charge in [-0.1, -0.05) is 42.5 Å². The molecule has 0 amide bonds. The number of Topliss-reactive ketones (excluding diaryl/α,β-unsaturated/α-hetero) is 1. The molecule has 0 bridgehead atoms. The molecular weight excluding hydrogens is 272 g/mol. The highest BCUT2D eigenvalue weighted by Gasteiger charge is 2.20. The van der Waals surface area contributed by atoms with Crippen molar-refractivity contribution in [3.8, 4) is 16.9 Å². The predicted octanol–water partition coefficient (Wildman–Crippen LogP) is 4.64. The lowest BCUT2D eigenvalue weighted by molar-refractivity contribution is 0.0994. The molecule has 0 fully saturated rings. The molecule has 4 rings (SSSR count). The van der Waals surface area contributed by atoms with Crippen LogP contribution in [0.1, 0.15) is 22.3 Å². The summed E-state index contributed by atoms with van der Waals surface area (Å²) in [5.41, 5.74) is 4.21. The summed E-state index contributed by atoms with van der Waals surface area (Å²) >= 11 is 0. The van der Waals surface area contributed by atoms with Gasteiger partial charge in [0.15, 0.2) is 5.78 Å². The van der Waals surface area contributed by atoms with Crippen molar-refractivity contribution in [1.29, 1.82) is 0 Å². The number of methoxy groups -OCH3 is 1. The molecule has 22 heavy (non-hydrogen) atoms. The van der Waals surface area contributed by atoms with Crippen molar-refractivity contribution in [3.05, 3.63) is 65.7 Å². The first-order chi connectivity index (χ1) is 10.8. The number of ketones is 1. The van der Waals surface area contributed by atoms with E-state index in [-0.39, 0.29) is 5.78 Å². The number of aryl methyl sites for hydroxylation is 1. The van der Waals surface area contributed by atoms with Gasteiger partial charge in [-0.15, -0.1) is 0 Å². The van der Waals surface area contributed by atoms with E-state index in [1.165, 1.54) is 10.8 Å². The molecule has 0 unspecified atom stereocenters. The van der Waals surface area contributed by atoms with Crippen LogP contribution in [0, 0.1) is 0 Å². The van der Waals surface area contributed by atoms with Crippen molar-refractivity contribution >= 4 is 16.6 Å². The first-order valence-corrected chi connectivity index (χ1v) is 7.49. The first kappa shape index (κ1) is 13.1. The van der Waals surface area contributed by atoms with Gasteiger partial charge in [0.25, 0.3) is 0 Å². The van der Waals surface area contributed by atoms with Gasteiger partial charge in [0.2, 0.25) is 0 Å². The molecule has 0 heterocycles. The standard InChI is InChI=1S/C20H16O2/c1-22-20-12-14-5-3-2-4-13(14)11-18(20)16-6-8-17-15(10-16)7-9-19(17)21/h2-6,8,10-12H,7,9H2,1H3. The third kappa shape index (κ3) is 2.00. The van der Waals surface area contributed by atoms with Gasteiger partial charge in [-0.3, -0.25) is 4.79 Å². The Morgan fingerprint density at radius 1 is 0.864 bits per heavy atom. The minimum atomic E-state index is 0.257. The molecule has 0 N–H and O–H groups in total. The summed E-state index contributed by atoms with van der Waals surface area (Å²) in [6.07, 6.45) is 1.48. The van der Waals surface area contributed by atoms with E-state index in [0.717, 1.165) is 34.4 Å². The number of hydrogen-bond acceptors (Lipinski definition) is 2. The lowest BCUT2D eigenvalue weighted by Gasteiger charge is -2.12. The zero-order chi connectivity index (χ0) is 15.1. The van der Waals surface area contributed by atoms with Crippen LogP contribution in [0.25, 0.3) is 21.9 Å². The topological polar surface area (TPSA) is 26.3 Å². The largest absolute Gasteiger partial charge is 0.496 e. The second-order valence-corrected chi connectivity index (χ2v) is 5.69. The Kier molecular flexibility index (Phi) is 2.97. The molecule has 0 aliphatic heterocycles. The summed E-state index contributed by atoms with van der Waals surface area (Å²) in [4.78, 5) is 11.8. The molecule has 0 radical (unpaired) electrons. The molecule has 0 saturated carbocycles. The maximum atomic E-state index is 11.8. The van der Waals surface area contributed by atoms with Gasteiger partial charge in [-0.05, 0) is 40.5 Å². The molecule has 0 aromatic heterocycles. The van der Waals surface area contributed by atoms with Crippen molar-refractivity contribution in [2.24, 2.45) is 0 Å². The Hall–Kier alpha value is -2.61. The molecule has 0 spiro atoms. The third-order valence-corrected chi connectivity index (χ3v) is 4.41. The van der Waals surface area contributed by atoms with Crippen LogP contribution in [0.2, 0.25) is 0 Å². The first-order valence-electron chi connectivity index (χ1n) is 7.49. The fourth-order valence-electron chi connectivity index (χ4n) is 3.24. The Morgan fingerprint density at radius 3 is 2.41 bits per heavy atom. The SMILES string of the molecule is COc1cc2ccccc2cc1-c1ccc2c(c1)CCC2=O. The quantitative estimate of drug-likeness (QED) is 0.686. The monoisotopic (exact) mass is 288 g/mol. The fourth-order valence-corrected chi connectivity index (χ4v) is 3.24. The van der Waals surface area contributed by atoms with E-state index in [1.807, 2.05) is 24.3 Å². The molecule has 1 aliphatic rings. The molecule has 0 atom stereocenters. The molecular formula is C20H16O2. The smallest absolute Gasteiger partial charge is 0.163 e. The highest BCUT2D eigenvalue weighted by Crippen LogP contribution is 2.36. The van der Waals surface area contributed by atoms with Crippen LogP contribution in [-0.4, -0.2) is 12.9 Å². The van der Waals surface area contributed by atoms with Crippen LogP contribution >= 0.6 is 0 Å². The third-order valence-electron chi connectivity index (χ3n) is 4.41. The number of rotatable bonds is 2. The molecule has 2 heteroatoms. The minimum Gasteiger partial charge on any atom is -0.496 e. The Bertz CT molecular complexity index is 893. The van der Waals surface area contributed by atoms with Crippen LogP contribution in [0.3, 0.4) is 0 Å². The van der Waals surface area contributed by atoms with Gasteiger partial charge in [-0.2, -0.15) is 0 Å². The number of hydrogen-bond donors (Lipinski definition) is 0. The van der Waals surface area contributed by atoms with Gasteiger partial charge in [-0.25, -0.2) is 0 Å². The molecule has 1 aliphatic carbocycles. The van der Waals surface area contributed by atoms with Crippen molar-refractivity contribution in [2.45, 2.75) is 12.8 Å². The molecule has 0 saturated heterocycles. The number of ether oxygens (including phenoxy) is 1. The van der Waals surface area contributed by atoms with Crippen LogP contribution in [0.4, 0.5) is 0 Å². The van der Waals surface area contributed by atoms with Gasteiger partial charge in [0, 0.05) is 17.5 Å². The van der Waals surface area contributed by atoms with Crippen molar-refractivity contribution in [1.82, 2.24) is 0 Å². The molecule has 3 aromatic rings. The van der Waals surface area contributed by atoms with Gasteiger partial charge >= 0.3 is 0 Å². The van der Waals surface area contributed by atoms with Gasteiger partial charge in [0.05, 0.1) is 7.11 Å². The van der Waals surface area contributed by atoms with Crippen molar-refractivity contribution in [2.75, 3.05) is 7.11 Å². The number of fused-ring (bicyclic) bond motifs is 2. The van der Waals surface area contributed by atoms with E-state index in [9.17, 15) is 4.79 Å². The second kappa shape index (κ2) is 4.99. The highest BCUT2D eigenvalue weighted by atomic mass is 16.5. The molecule has 2 nitrogen and oxygen atoms in total. The molecule has 108 valence electrons. The maximum absolute atomic E-state index is 11.8. The van der Waals surface area contributed by atoms with E-state index in [1.54, 1.807) is 7.11 Å². The van der Waals surface area contributed by atoms with E-state index in [2.05, 4.69) is 30.3 Å². The minimum absolute atomic E-state index is 0.257. The second-order valence-electron chi connectivity index (χ2n) is 5.69. The van der Waals surface area contributed by atoms with Gasteiger partial charge in [0.1, 0.15) is 5.75 Å². The van der Waals surface area contributed by atoms with E-state index in [0.29, 0.717) is 6.42 Å². The summed E-state index contributed by atoms with van der Waals surface area (Å²) < 4.78 is 5.58. The summed E-state index contributed by atoms with van der Waals surface area (Å²) in [6.45, 7) is 0. The summed E-state index contributed by atoms with van der Waals surface area (Å²) in [7, 11) is 1.70. The zero-order valence-corrected chi connectivity index (χ0v) is 12.4. The van der Waals surface area contributed by atoms with E-state index >= 15 is 0 Å². The fraction of sp³-hybridized carbons (Fsp3) is 0.150. The Morgan fingerprint density at radius 2 is 1.64 bits per heavy atom. The average Bonchev–Trinajstić information content (AvgIpc) is 2.94. The number of benzene rings is 3. The predicted molar refractivity (Wildman–Crippen MR) is 88.6 cm³/mol. The number of carbonyl (C=O) groups is 1. The highest BCUT2D eigenvalue weighted by molar-refractivity contribution is 6.01. The van der Waals surface area contributed by atoms with E-state index in [4.69, 9.17) is 4.74 Å². The van der Waals surface area contributed by atoms with Crippen LogP contribution in [0.5, 0.6) is 5.75 Å². The van der Waals surface area contributed by atoms with E-state index < -0.39 is 0 Å². The van der Waals surface area contributed by atoms with Crippen LogP contribution in [-0.2, 0) is 6.42 Å². The average molecular weight is 288 g/mol. The summed E-state index contributed by atoms with van der Waals surface area (Å²) in [6, 6.07) is 18.6.